The SMILES string of the molecule is CC(C)(CC[C@H](CCSCc1ccc(C(F)(F)F)cc1)SCc1ccc(C(F)(F)F)cc1)CC(=O)Nc1ccn([C@@H]2O[C@H](CO)C(C)(CO)C2(F)F)c(=O)n1. The van der Waals surface area contributed by atoms with Crippen LogP contribution < -0.4 is 11.0 Å². The highest BCUT2D eigenvalue weighted by molar-refractivity contribution is 7.99. The van der Waals surface area contributed by atoms with Gasteiger partial charge in [-0.3, -0.25) is 9.36 Å². The summed E-state index contributed by atoms with van der Waals surface area (Å²) in [7, 11) is 0. The van der Waals surface area contributed by atoms with E-state index in [2.05, 4.69) is 10.3 Å². The number of anilines is 1. The third-order valence-corrected chi connectivity index (χ3v) is 12.1. The number of halogens is 8. The monoisotopic (exact) mass is 825 g/mol. The van der Waals surface area contributed by atoms with Crippen molar-refractivity contribution in [3.8, 4) is 0 Å². The van der Waals surface area contributed by atoms with Gasteiger partial charge in [-0.05, 0) is 78.8 Å². The van der Waals surface area contributed by atoms with Crippen LogP contribution in [-0.4, -0.2) is 61.9 Å². The molecule has 304 valence electrons. The molecule has 0 spiro atoms. The Morgan fingerprint density at radius 3 is 1.98 bits per heavy atom. The van der Waals surface area contributed by atoms with Gasteiger partial charge >= 0.3 is 24.0 Å². The first kappa shape index (κ1) is 44.5. The molecule has 1 amide bonds. The van der Waals surface area contributed by atoms with E-state index in [4.69, 9.17) is 4.74 Å². The minimum atomic E-state index is -4.46. The van der Waals surface area contributed by atoms with Crippen LogP contribution in [0.2, 0.25) is 0 Å². The lowest BCUT2D eigenvalue weighted by atomic mass is 9.80. The summed E-state index contributed by atoms with van der Waals surface area (Å²) in [6, 6.07) is 11.0. The number of rotatable bonds is 17. The average Bonchev–Trinajstić information content (AvgIpc) is 3.31. The van der Waals surface area contributed by atoms with Crippen molar-refractivity contribution in [2.24, 2.45) is 10.8 Å². The first-order valence-electron chi connectivity index (χ1n) is 17.3. The van der Waals surface area contributed by atoms with Gasteiger partial charge in [0.15, 0.2) is 0 Å². The number of aliphatic hydroxyl groups is 2. The molecule has 1 aliphatic heterocycles. The topological polar surface area (TPSA) is 114 Å². The van der Waals surface area contributed by atoms with Crippen molar-refractivity contribution in [3.05, 3.63) is 93.5 Å². The van der Waals surface area contributed by atoms with Crippen LogP contribution in [0.15, 0.2) is 65.6 Å². The van der Waals surface area contributed by atoms with Gasteiger partial charge in [-0.2, -0.15) is 54.9 Å². The zero-order chi connectivity index (χ0) is 40.8. The zero-order valence-electron chi connectivity index (χ0n) is 30.2. The standard InChI is InChI=1S/C37H43F8N3O5S2/c1-33(2,18-30(51)46-29-13-16-48(32(52)47-29)31-35(38,39)34(3,22-50)28(19-49)53-31)15-12-27(55-21-24-6-10-26(11-7-24)37(43,44)45)14-17-54-20-23-4-8-25(9-5-23)36(40,41)42/h4-11,13,16,27-28,31,49-50H,12,14-15,17-22H2,1-3H3,(H,46,47,51,52)/t27-,28-,31-,34?/m1/s1. The molecule has 1 saturated heterocycles. The molecular formula is C37H43F8N3O5S2. The lowest BCUT2D eigenvalue weighted by Gasteiger charge is -2.32. The molecule has 0 saturated carbocycles. The maximum atomic E-state index is 15.3. The van der Waals surface area contributed by atoms with Crippen LogP contribution in [-0.2, 0) is 33.4 Å². The highest BCUT2D eigenvalue weighted by Gasteiger charge is 2.67. The second kappa shape index (κ2) is 17.9. The van der Waals surface area contributed by atoms with Gasteiger partial charge in [0.25, 0.3) is 0 Å². The third kappa shape index (κ3) is 11.5. The van der Waals surface area contributed by atoms with Crippen LogP contribution in [0.4, 0.5) is 40.9 Å². The number of carbonyl (C=O) groups excluding carboxylic acids is 1. The number of carbonyl (C=O) groups is 1. The second-order valence-electron chi connectivity index (χ2n) is 14.5. The van der Waals surface area contributed by atoms with Crippen LogP contribution >= 0.6 is 23.5 Å². The second-order valence-corrected chi connectivity index (χ2v) is 16.8. The third-order valence-electron chi connectivity index (χ3n) is 9.60. The molecule has 1 unspecified atom stereocenters. The maximum absolute atomic E-state index is 15.3. The van der Waals surface area contributed by atoms with Gasteiger partial charge in [0.1, 0.15) is 5.82 Å². The van der Waals surface area contributed by atoms with Gasteiger partial charge in [-0.25, -0.2) is 13.6 Å². The predicted molar refractivity (Wildman–Crippen MR) is 195 cm³/mol. The van der Waals surface area contributed by atoms with E-state index in [0.29, 0.717) is 46.7 Å². The number of hydrogen-bond donors (Lipinski definition) is 3. The summed E-state index contributed by atoms with van der Waals surface area (Å²) in [5.41, 5.74) is -3.94. The first-order chi connectivity index (χ1) is 25.6. The predicted octanol–water partition coefficient (Wildman–Crippen LogP) is 8.57. The van der Waals surface area contributed by atoms with Crippen molar-refractivity contribution >= 4 is 35.2 Å². The number of alkyl halides is 8. The van der Waals surface area contributed by atoms with Crippen LogP contribution in [0.3, 0.4) is 0 Å². The highest BCUT2D eigenvalue weighted by Crippen LogP contribution is 2.54. The highest BCUT2D eigenvalue weighted by atomic mass is 32.2. The number of benzene rings is 2. The number of hydrogen-bond acceptors (Lipinski definition) is 8. The van der Waals surface area contributed by atoms with Gasteiger partial charge in [-0.15, -0.1) is 0 Å². The van der Waals surface area contributed by atoms with E-state index in [1.807, 2.05) is 13.8 Å². The molecule has 3 N–H and O–H groups in total. The molecule has 2 aromatic carbocycles. The molecule has 1 aromatic heterocycles. The molecule has 0 bridgehead atoms. The summed E-state index contributed by atoms with van der Waals surface area (Å²) in [6.45, 7) is 2.93. The summed E-state index contributed by atoms with van der Waals surface area (Å²) in [5, 5.41) is 21.7. The number of ether oxygens (including phenoxy) is 1. The largest absolute Gasteiger partial charge is 0.416 e. The Labute approximate surface area is 321 Å². The van der Waals surface area contributed by atoms with E-state index in [-0.39, 0.29) is 17.5 Å². The Bertz CT molecular complexity index is 1790. The Balaban J connectivity index is 1.35. The summed E-state index contributed by atoms with van der Waals surface area (Å²) in [6.07, 6.45) is -9.66. The van der Waals surface area contributed by atoms with Gasteiger partial charge in [0, 0.05) is 29.4 Å². The number of nitrogens with one attached hydrogen (secondary N) is 1. The van der Waals surface area contributed by atoms with Crippen LogP contribution in [0, 0.1) is 10.8 Å². The quantitative estimate of drug-likeness (QED) is 0.0918. The average molecular weight is 826 g/mol. The Hall–Kier alpha value is -3.19. The van der Waals surface area contributed by atoms with Crippen LogP contribution in [0.25, 0.3) is 0 Å². The fraction of sp³-hybridized carbons (Fsp3) is 0.541. The summed E-state index contributed by atoms with van der Waals surface area (Å²) >= 11 is 3.10. The number of amides is 1. The number of aliphatic hydroxyl groups excluding tert-OH is 2. The maximum Gasteiger partial charge on any atom is 0.416 e. The zero-order valence-corrected chi connectivity index (χ0v) is 31.9. The minimum Gasteiger partial charge on any atom is -0.395 e. The van der Waals surface area contributed by atoms with Gasteiger partial charge in [-0.1, -0.05) is 38.1 Å². The van der Waals surface area contributed by atoms with Crippen molar-refractivity contribution in [1.29, 1.82) is 0 Å². The molecule has 55 heavy (non-hydrogen) atoms. The molecule has 8 nitrogen and oxygen atoms in total. The lowest BCUT2D eigenvalue weighted by molar-refractivity contribution is -0.154. The molecule has 4 atom stereocenters. The Kier molecular flexibility index (Phi) is 14.5. The molecular weight excluding hydrogens is 783 g/mol. The van der Waals surface area contributed by atoms with Crippen LogP contribution in [0.5, 0.6) is 0 Å². The summed E-state index contributed by atoms with van der Waals surface area (Å²) < 4.78 is 114. The molecule has 1 fully saturated rings. The van der Waals surface area contributed by atoms with E-state index < -0.39 is 77.4 Å². The smallest absolute Gasteiger partial charge is 0.395 e. The summed E-state index contributed by atoms with van der Waals surface area (Å²) in [5.74, 6) is -2.86. The number of thioether (sulfide) groups is 2. The Morgan fingerprint density at radius 1 is 0.927 bits per heavy atom. The van der Waals surface area contributed by atoms with E-state index >= 15 is 8.78 Å². The van der Waals surface area contributed by atoms with Crippen molar-refractivity contribution in [2.75, 3.05) is 24.3 Å². The normalized spacial score (nSPS) is 20.7. The van der Waals surface area contributed by atoms with E-state index in [9.17, 15) is 46.1 Å². The Morgan fingerprint density at radius 2 is 1.49 bits per heavy atom. The minimum absolute atomic E-state index is 0.00638. The number of nitrogens with zero attached hydrogens (tertiary/aromatic N) is 2. The summed E-state index contributed by atoms with van der Waals surface area (Å²) in [4.78, 5) is 29.6. The van der Waals surface area contributed by atoms with E-state index in [1.165, 1.54) is 24.3 Å². The molecule has 1 aliphatic rings. The molecule has 0 radical (unpaired) electrons. The van der Waals surface area contributed by atoms with Crippen molar-refractivity contribution < 1.29 is 54.9 Å². The van der Waals surface area contributed by atoms with Crippen molar-refractivity contribution in [1.82, 2.24) is 9.55 Å². The van der Waals surface area contributed by atoms with Crippen LogP contribution in [0.1, 0.15) is 74.9 Å². The molecule has 2 heterocycles. The molecule has 0 aliphatic carbocycles. The first-order valence-corrected chi connectivity index (χ1v) is 19.5. The lowest BCUT2D eigenvalue weighted by Crippen LogP contribution is -2.48. The van der Waals surface area contributed by atoms with Gasteiger partial charge in [0.05, 0.1) is 35.9 Å². The van der Waals surface area contributed by atoms with Gasteiger partial charge in [0.2, 0.25) is 12.1 Å². The van der Waals surface area contributed by atoms with E-state index in [1.54, 1.807) is 23.5 Å². The fourth-order valence-electron chi connectivity index (χ4n) is 6.01. The molecule has 18 heteroatoms. The fourth-order valence-corrected chi connectivity index (χ4v) is 8.37. The van der Waals surface area contributed by atoms with Crippen molar-refractivity contribution in [2.45, 2.75) is 93.8 Å². The van der Waals surface area contributed by atoms with E-state index in [0.717, 1.165) is 49.0 Å². The molecule has 3 aromatic rings. The van der Waals surface area contributed by atoms with Crippen molar-refractivity contribution in [3.63, 3.8) is 0 Å². The molecule has 4 rings (SSSR count). The van der Waals surface area contributed by atoms with Gasteiger partial charge < -0.3 is 20.3 Å². The number of aromatic nitrogens is 2.